The number of aromatic nitrogens is 2. The van der Waals surface area contributed by atoms with Gasteiger partial charge in [0.1, 0.15) is 5.82 Å². The third kappa shape index (κ3) is 3.30. The molecule has 1 N–H and O–H groups in total. The summed E-state index contributed by atoms with van der Waals surface area (Å²) in [4.78, 5) is 4.36. The maximum Gasteiger partial charge on any atom is 0.106 e. The molecule has 0 aliphatic heterocycles. The Morgan fingerprint density at radius 2 is 2.11 bits per heavy atom. The van der Waals surface area contributed by atoms with Gasteiger partial charge in [-0.05, 0) is 25.1 Å². The van der Waals surface area contributed by atoms with Crippen molar-refractivity contribution in [3.63, 3.8) is 0 Å². The molecule has 19 heavy (non-hydrogen) atoms. The zero-order valence-electron chi connectivity index (χ0n) is 11.1. The van der Waals surface area contributed by atoms with Crippen LogP contribution >= 0.6 is 23.2 Å². The molecule has 0 atom stereocenters. The van der Waals surface area contributed by atoms with Crippen LogP contribution in [-0.4, -0.2) is 16.1 Å². The predicted molar refractivity (Wildman–Crippen MR) is 79.9 cm³/mol. The molecule has 2 rings (SSSR count). The Morgan fingerprint density at radius 3 is 2.84 bits per heavy atom. The highest BCUT2D eigenvalue weighted by atomic mass is 35.5. The van der Waals surface area contributed by atoms with Crippen molar-refractivity contribution in [2.75, 3.05) is 6.54 Å². The SMILES string of the molecule is CCNCc1cnc(C)n1Cc1cccc(Cl)c1Cl. The smallest absolute Gasteiger partial charge is 0.106 e. The molecular formula is C14H17Cl2N3. The first kappa shape index (κ1) is 14.4. The molecule has 0 saturated heterocycles. The molecule has 0 saturated carbocycles. The van der Waals surface area contributed by atoms with Gasteiger partial charge in [-0.1, -0.05) is 42.3 Å². The summed E-state index contributed by atoms with van der Waals surface area (Å²) in [5.41, 5.74) is 2.16. The summed E-state index contributed by atoms with van der Waals surface area (Å²) in [5.74, 6) is 0.976. The summed E-state index contributed by atoms with van der Waals surface area (Å²) in [6, 6.07) is 5.71. The van der Waals surface area contributed by atoms with Gasteiger partial charge in [0, 0.05) is 12.7 Å². The zero-order valence-corrected chi connectivity index (χ0v) is 12.6. The van der Waals surface area contributed by atoms with Crippen LogP contribution in [0.1, 0.15) is 24.0 Å². The Bertz CT molecular complexity index is 564. The van der Waals surface area contributed by atoms with Gasteiger partial charge < -0.3 is 9.88 Å². The Balaban J connectivity index is 2.27. The van der Waals surface area contributed by atoms with E-state index in [4.69, 9.17) is 23.2 Å². The second kappa shape index (κ2) is 6.42. The predicted octanol–water partition coefficient (Wildman–Crippen LogP) is 3.66. The fourth-order valence-electron chi connectivity index (χ4n) is 1.97. The van der Waals surface area contributed by atoms with Crippen LogP contribution in [0.5, 0.6) is 0 Å². The number of nitrogens with zero attached hydrogens (tertiary/aromatic N) is 2. The summed E-state index contributed by atoms with van der Waals surface area (Å²) < 4.78 is 2.15. The summed E-state index contributed by atoms with van der Waals surface area (Å²) in [7, 11) is 0. The summed E-state index contributed by atoms with van der Waals surface area (Å²) >= 11 is 12.3. The van der Waals surface area contributed by atoms with E-state index < -0.39 is 0 Å². The van der Waals surface area contributed by atoms with Gasteiger partial charge in [-0.15, -0.1) is 0 Å². The molecule has 0 fully saturated rings. The Kier molecular flexibility index (Phi) is 4.86. The van der Waals surface area contributed by atoms with Gasteiger partial charge in [0.05, 0.1) is 22.3 Å². The van der Waals surface area contributed by atoms with E-state index in [1.54, 1.807) is 6.07 Å². The van der Waals surface area contributed by atoms with Crippen LogP contribution in [0.3, 0.4) is 0 Å². The molecule has 1 aromatic carbocycles. The molecule has 1 heterocycles. The summed E-state index contributed by atoms with van der Waals surface area (Å²) in [6.45, 7) is 6.50. The van der Waals surface area contributed by atoms with E-state index in [-0.39, 0.29) is 0 Å². The largest absolute Gasteiger partial charge is 0.327 e. The van der Waals surface area contributed by atoms with Crippen LogP contribution in [0.2, 0.25) is 10.0 Å². The first-order valence-electron chi connectivity index (χ1n) is 6.28. The number of halogens is 2. The minimum atomic E-state index is 0.588. The van der Waals surface area contributed by atoms with Crippen molar-refractivity contribution in [3.8, 4) is 0 Å². The molecule has 102 valence electrons. The third-order valence-electron chi connectivity index (χ3n) is 3.05. The lowest BCUT2D eigenvalue weighted by atomic mass is 10.2. The van der Waals surface area contributed by atoms with Gasteiger partial charge in [-0.3, -0.25) is 0 Å². The van der Waals surface area contributed by atoms with Crippen LogP contribution in [0.4, 0.5) is 0 Å². The number of imidazole rings is 1. The molecule has 0 aliphatic rings. The monoisotopic (exact) mass is 297 g/mol. The number of benzene rings is 1. The lowest BCUT2D eigenvalue weighted by molar-refractivity contribution is 0.646. The molecule has 0 aliphatic carbocycles. The van der Waals surface area contributed by atoms with Crippen molar-refractivity contribution in [1.82, 2.24) is 14.9 Å². The van der Waals surface area contributed by atoms with E-state index in [0.29, 0.717) is 16.6 Å². The average Bonchev–Trinajstić information content (AvgIpc) is 2.74. The maximum atomic E-state index is 6.24. The van der Waals surface area contributed by atoms with Gasteiger partial charge in [-0.2, -0.15) is 0 Å². The van der Waals surface area contributed by atoms with Crippen LogP contribution in [0, 0.1) is 6.92 Å². The Labute approximate surface area is 123 Å². The van der Waals surface area contributed by atoms with Crippen molar-refractivity contribution >= 4 is 23.2 Å². The van der Waals surface area contributed by atoms with Gasteiger partial charge in [-0.25, -0.2) is 4.98 Å². The molecule has 0 bridgehead atoms. The van der Waals surface area contributed by atoms with Crippen molar-refractivity contribution in [2.24, 2.45) is 0 Å². The lowest BCUT2D eigenvalue weighted by Gasteiger charge is -2.12. The Morgan fingerprint density at radius 1 is 1.32 bits per heavy atom. The molecule has 1 aromatic heterocycles. The highest BCUT2D eigenvalue weighted by Gasteiger charge is 2.10. The fourth-order valence-corrected chi connectivity index (χ4v) is 2.35. The van der Waals surface area contributed by atoms with E-state index in [1.165, 1.54) is 0 Å². The molecule has 0 spiro atoms. The third-order valence-corrected chi connectivity index (χ3v) is 3.91. The average molecular weight is 298 g/mol. The molecule has 2 aromatic rings. The van der Waals surface area contributed by atoms with Gasteiger partial charge >= 0.3 is 0 Å². The topological polar surface area (TPSA) is 29.9 Å². The standard InChI is InChI=1S/C14H17Cl2N3/c1-3-17-7-12-8-18-10(2)19(12)9-11-5-4-6-13(15)14(11)16/h4-6,8,17H,3,7,9H2,1-2H3. The number of aryl methyl sites for hydroxylation is 1. The van der Waals surface area contributed by atoms with Gasteiger partial charge in [0.2, 0.25) is 0 Å². The van der Waals surface area contributed by atoms with E-state index in [1.807, 2.05) is 25.3 Å². The van der Waals surface area contributed by atoms with Crippen LogP contribution in [-0.2, 0) is 13.1 Å². The van der Waals surface area contributed by atoms with Gasteiger partial charge in [0.25, 0.3) is 0 Å². The molecule has 5 heteroatoms. The van der Waals surface area contributed by atoms with Crippen LogP contribution < -0.4 is 5.32 Å². The number of nitrogens with one attached hydrogen (secondary N) is 1. The van der Waals surface area contributed by atoms with Crippen molar-refractivity contribution in [3.05, 3.63) is 51.5 Å². The first-order chi connectivity index (χ1) is 9.13. The molecule has 3 nitrogen and oxygen atoms in total. The van der Waals surface area contributed by atoms with Crippen LogP contribution in [0.15, 0.2) is 24.4 Å². The number of hydrogen-bond acceptors (Lipinski definition) is 2. The fraction of sp³-hybridized carbons (Fsp3) is 0.357. The molecule has 0 radical (unpaired) electrons. The van der Waals surface area contributed by atoms with E-state index in [9.17, 15) is 0 Å². The van der Waals surface area contributed by atoms with Crippen molar-refractivity contribution in [2.45, 2.75) is 26.9 Å². The normalized spacial score (nSPS) is 10.9. The van der Waals surface area contributed by atoms with E-state index in [0.717, 1.165) is 30.2 Å². The quantitative estimate of drug-likeness (QED) is 0.913. The first-order valence-corrected chi connectivity index (χ1v) is 7.03. The minimum absolute atomic E-state index is 0.588. The number of hydrogen-bond donors (Lipinski definition) is 1. The highest BCUT2D eigenvalue weighted by molar-refractivity contribution is 6.42. The summed E-state index contributed by atoms with van der Waals surface area (Å²) in [5, 5.41) is 4.52. The van der Waals surface area contributed by atoms with Crippen molar-refractivity contribution in [1.29, 1.82) is 0 Å². The second-order valence-corrected chi connectivity index (χ2v) is 5.16. The maximum absolute atomic E-state index is 6.24. The van der Waals surface area contributed by atoms with E-state index >= 15 is 0 Å². The zero-order chi connectivity index (χ0) is 13.8. The molecule has 0 amide bonds. The minimum Gasteiger partial charge on any atom is -0.327 e. The summed E-state index contributed by atoms with van der Waals surface area (Å²) in [6.07, 6.45) is 1.90. The highest BCUT2D eigenvalue weighted by Crippen LogP contribution is 2.26. The molecule has 0 unspecified atom stereocenters. The Hall–Kier alpha value is -1.03. The lowest BCUT2D eigenvalue weighted by Crippen LogP contribution is -2.16. The molecular weight excluding hydrogens is 281 g/mol. The number of rotatable bonds is 5. The van der Waals surface area contributed by atoms with Crippen LogP contribution in [0.25, 0.3) is 0 Å². The second-order valence-electron chi connectivity index (χ2n) is 4.38. The van der Waals surface area contributed by atoms with Crippen molar-refractivity contribution < 1.29 is 0 Å². The van der Waals surface area contributed by atoms with E-state index in [2.05, 4.69) is 21.8 Å². The van der Waals surface area contributed by atoms with Gasteiger partial charge in [0.15, 0.2) is 0 Å².